The molecule has 0 aromatic heterocycles. The van der Waals surface area contributed by atoms with Crippen molar-refractivity contribution in [1.29, 1.82) is 0 Å². The highest BCUT2D eigenvalue weighted by Crippen LogP contribution is 2.82. The van der Waals surface area contributed by atoms with Crippen LogP contribution in [-0.4, -0.2) is 25.3 Å². The second kappa shape index (κ2) is 12.2. The number of rotatable bonds is 19. The van der Waals surface area contributed by atoms with Gasteiger partial charge in [-0.25, -0.2) is 0 Å². The van der Waals surface area contributed by atoms with Crippen LogP contribution in [0.15, 0.2) is 0 Å². The third-order valence-corrected chi connectivity index (χ3v) is 9.35. The fraction of sp³-hybridized carbons (Fsp3) is 0.966. The Morgan fingerprint density at radius 1 is 0.781 bits per heavy atom. The molecule has 3 heteroatoms. The first-order valence-electron chi connectivity index (χ1n) is 14.2. The van der Waals surface area contributed by atoms with Crippen LogP contribution in [0.4, 0.5) is 0 Å². The van der Waals surface area contributed by atoms with Crippen molar-refractivity contribution >= 4 is 6.47 Å². The maximum atomic E-state index is 10.1. The molecule has 0 spiro atoms. The molecule has 5 atom stereocenters. The van der Waals surface area contributed by atoms with Gasteiger partial charge in [-0.05, 0) is 49.9 Å². The van der Waals surface area contributed by atoms with Crippen LogP contribution < -0.4 is 0 Å². The Morgan fingerprint density at radius 3 is 1.78 bits per heavy atom. The van der Waals surface area contributed by atoms with Crippen LogP contribution in [0.5, 0.6) is 0 Å². The maximum Gasteiger partial charge on any atom is 0.293 e. The van der Waals surface area contributed by atoms with Gasteiger partial charge in [-0.1, -0.05) is 104 Å². The quantitative estimate of drug-likeness (QED) is 0.147. The zero-order chi connectivity index (χ0) is 22.9. The van der Waals surface area contributed by atoms with Gasteiger partial charge in [0.15, 0.2) is 0 Å². The summed E-state index contributed by atoms with van der Waals surface area (Å²) in [6.07, 6.45) is 27.2. The Balaban J connectivity index is 1.08. The fourth-order valence-corrected chi connectivity index (χ4v) is 7.82. The van der Waals surface area contributed by atoms with Crippen molar-refractivity contribution in [2.24, 2.45) is 16.2 Å². The summed E-state index contributed by atoms with van der Waals surface area (Å²) < 4.78 is 11.1. The lowest BCUT2D eigenvalue weighted by atomic mass is 9.77. The number of carbonyl (C=O) groups excluding carboxylic acids is 1. The van der Waals surface area contributed by atoms with E-state index in [0.717, 1.165) is 6.42 Å². The van der Waals surface area contributed by atoms with Crippen molar-refractivity contribution in [3.8, 4) is 0 Å². The molecule has 0 radical (unpaired) electrons. The largest absolute Gasteiger partial charge is 0.468 e. The molecule has 0 unspecified atom stereocenters. The molecule has 3 fully saturated rings. The first kappa shape index (κ1) is 26.0. The minimum Gasteiger partial charge on any atom is -0.468 e. The predicted molar refractivity (Wildman–Crippen MR) is 133 cm³/mol. The number of ether oxygens (including phenoxy) is 2. The second-order valence-corrected chi connectivity index (χ2v) is 12.3. The van der Waals surface area contributed by atoms with Crippen molar-refractivity contribution in [3.63, 3.8) is 0 Å². The molecule has 3 aliphatic rings. The van der Waals surface area contributed by atoms with E-state index in [4.69, 9.17) is 9.47 Å². The molecule has 3 nitrogen and oxygen atoms in total. The maximum absolute atomic E-state index is 10.1. The number of fused-ring (bicyclic) bond motifs is 3. The molecule has 2 aliphatic carbocycles. The van der Waals surface area contributed by atoms with Crippen molar-refractivity contribution in [1.82, 2.24) is 0 Å². The van der Waals surface area contributed by atoms with E-state index in [1.807, 2.05) is 0 Å². The second-order valence-electron chi connectivity index (χ2n) is 12.3. The van der Waals surface area contributed by atoms with E-state index in [-0.39, 0.29) is 0 Å². The summed E-state index contributed by atoms with van der Waals surface area (Å²) in [5, 5.41) is 0. The van der Waals surface area contributed by atoms with Gasteiger partial charge in [-0.3, -0.25) is 4.79 Å². The van der Waals surface area contributed by atoms with Crippen LogP contribution in [0.3, 0.4) is 0 Å². The standard InChI is InChI=1S/C29H52O3/c1-25-21-27(2)22-29(23-28(29,3)26(27)32-25)19-17-15-13-11-9-7-5-4-6-8-10-12-14-16-18-20-31-24-30/h24-26H,4-23H2,1-3H3/t25-,26-,27-,28+,29+/m0/s1. The van der Waals surface area contributed by atoms with Crippen LogP contribution in [-0.2, 0) is 14.3 Å². The summed E-state index contributed by atoms with van der Waals surface area (Å²) in [4.78, 5) is 10.1. The van der Waals surface area contributed by atoms with Gasteiger partial charge in [0.1, 0.15) is 0 Å². The van der Waals surface area contributed by atoms with Crippen molar-refractivity contribution in [3.05, 3.63) is 0 Å². The van der Waals surface area contributed by atoms with E-state index in [1.165, 1.54) is 116 Å². The number of hydrogen-bond acceptors (Lipinski definition) is 3. The average Bonchev–Trinajstić information content (AvgIpc) is 3.11. The molecule has 1 heterocycles. The fourth-order valence-electron chi connectivity index (χ4n) is 7.82. The Labute approximate surface area is 198 Å². The van der Waals surface area contributed by atoms with E-state index in [1.54, 1.807) is 0 Å². The molecule has 0 aromatic rings. The summed E-state index contributed by atoms with van der Waals surface area (Å²) in [6.45, 7) is 8.47. The van der Waals surface area contributed by atoms with Gasteiger partial charge in [0, 0.05) is 5.41 Å². The lowest BCUT2D eigenvalue weighted by Gasteiger charge is -2.27. The van der Waals surface area contributed by atoms with Crippen LogP contribution in [0, 0.1) is 16.2 Å². The molecule has 0 bridgehead atoms. The first-order chi connectivity index (χ1) is 15.5. The summed E-state index contributed by atoms with van der Waals surface area (Å²) in [7, 11) is 0. The Hall–Kier alpha value is -0.570. The SMILES string of the molecule is C[C@H]1C[C@@]2(C)C[C@]3(CCCCCCCCCCCCCCCCCOC=O)C[C@]3(C)[C@H]2O1. The van der Waals surface area contributed by atoms with Gasteiger partial charge in [0.25, 0.3) is 6.47 Å². The monoisotopic (exact) mass is 448 g/mol. The minimum atomic E-state index is 0.472. The van der Waals surface area contributed by atoms with Crippen molar-refractivity contribution in [2.75, 3.05) is 6.61 Å². The van der Waals surface area contributed by atoms with E-state index in [2.05, 4.69) is 20.8 Å². The molecule has 2 saturated carbocycles. The molecule has 0 amide bonds. The Kier molecular flexibility index (Phi) is 9.95. The van der Waals surface area contributed by atoms with Gasteiger partial charge in [0.05, 0.1) is 18.8 Å². The normalized spacial score (nSPS) is 35.0. The molecular formula is C29H52O3. The van der Waals surface area contributed by atoms with E-state index >= 15 is 0 Å². The molecular weight excluding hydrogens is 396 g/mol. The van der Waals surface area contributed by atoms with Gasteiger partial charge < -0.3 is 9.47 Å². The number of hydrogen-bond donors (Lipinski definition) is 0. The highest BCUT2D eigenvalue weighted by Gasteiger charge is 2.78. The van der Waals surface area contributed by atoms with Crippen LogP contribution in [0.25, 0.3) is 0 Å². The number of unbranched alkanes of at least 4 members (excludes halogenated alkanes) is 14. The number of carbonyl (C=O) groups is 1. The van der Waals surface area contributed by atoms with E-state index in [0.29, 0.717) is 41.5 Å². The third-order valence-electron chi connectivity index (χ3n) is 9.35. The molecule has 32 heavy (non-hydrogen) atoms. The van der Waals surface area contributed by atoms with Crippen molar-refractivity contribution in [2.45, 2.75) is 155 Å². The first-order valence-corrected chi connectivity index (χ1v) is 14.2. The Bertz CT molecular complexity index is 563. The molecule has 3 rings (SSSR count). The summed E-state index contributed by atoms with van der Waals surface area (Å²) >= 11 is 0. The van der Waals surface area contributed by atoms with Crippen LogP contribution >= 0.6 is 0 Å². The Morgan fingerprint density at radius 2 is 1.28 bits per heavy atom. The zero-order valence-electron chi connectivity index (χ0n) is 21.6. The molecule has 1 saturated heterocycles. The highest BCUT2D eigenvalue weighted by molar-refractivity contribution is 5.36. The van der Waals surface area contributed by atoms with Gasteiger partial charge >= 0.3 is 0 Å². The van der Waals surface area contributed by atoms with Crippen LogP contribution in [0.1, 0.15) is 143 Å². The highest BCUT2D eigenvalue weighted by atomic mass is 16.5. The molecule has 186 valence electrons. The van der Waals surface area contributed by atoms with Crippen LogP contribution in [0.2, 0.25) is 0 Å². The van der Waals surface area contributed by atoms with E-state index in [9.17, 15) is 4.79 Å². The van der Waals surface area contributed by atoms with Gasteiger partial charge in [0.2, 0.25) is 0 Å². The summed E-state index contributed by atoms with van der Waals surface area (Å²) in [6, 6.07) is 0. The zero-order valence-corrected chi connectivity index (χ0v) is 21.6. The topological polar surface area (TPSA) is 35.5 Å². The predicted octanol–water partition coefficient (Wildman–Crippen LogP) is 8.38. The third kappa shape index (κ3) is 6.51. The molecule has 1 aliphatic heterocycles. The van der Waals surface area contributed by atoms with Gasteiger partial charge in [-0.2, -0.15) is 0 Å². The molecule has 0 aromatic carbocycles. The van der Waals surface area contributed by atoms with Gasteiger partial charge in [-0.15, -0.1) is 0 Å². The minimum absolute atomic E-state index is 0.472. The molecule has 0 N–H and O–H groups in total. The summed E-state index contributed by atoms with van der Waals surface area (Å²) in [5.74, 6) is 0. The summed E-state index contributed by atoms with van der Waals surface area (Å²) in [5.41, 5.74) is 1.61. The van der Waals surface area contributed by atoms with Crippen molar-refractivity contribution < 1.29 is 14.3 Å². The lowest BCUT2D eigenvalue weighted by molar-refractivity contribution is -0.128. The lowest BCUT2D eigenvalue weighted by Crippen LogP contribution is -2.29. The smallest absolute Gasteiger partial charge is 0.293 e. The average molecular weight is 449 g/mol. The van der Waals surface area contributed by atoms with E-state index < -0.39 is 0 Å².